The third-order valence-electron chi connectivity index (χ3n) is 2.32. The maximum atomic E-state index is 11.7. The van der Waals surface area contributed by atoms with Crippen molar-refractivity contribution in [1.29, 1.82) is 0 Å². The van der Waals surface area contributed by atoms with E-state index in [-0.39, 0.29) is 11.2 Å². The van der Waals surface area contributed by atoms with Crippen molar-refractivity contribution < 1.29 is 9.53 Å². The molecular formula is C11H12O2S. The second-order valence-corrected chi connectivity index (χ2v) is 4.44. The summed E-state index contributed by atoms with van der Waals surface area (Å²) in [5.74, 6) is 0.229. The van der Waals surface area contributed by atoms with Gasteiger partial charge in [-0.2, -0.15) is 0 Å². The first kappa shape index (κ1) is 9.74. The summed E-state index contributed by atoms with van der Waals surface area (Å²) in [6, 6.07) is 7.74. The number of benzene rings is 1. The van der Waals surface area contributed by atoms with E-state index in [4.69, 9.17) is 4.74 Å². The fourth-order valence-corrected chi connectivity index (χ4v) is 2.63. The van der Waals surface area contributed by atoms with Crippen LogP contribution < -0.4 is 0 Å². The smallest absolute Gasteiger partial charge is 0.164 e. The Morgan fingerprint density at radius 1 is 1.43 bits per heavy atom. The molecule has 0 aromatic heterocycles. The molecule has 2 rings (SSSR count). The third-order valence-corrected chi connectivity index (χ3v) is 3.62. The van der Waals surface area contributed by atoms with Gasteiger partial charge in [-0.25, -0.2) is 0 Å². The Bertz CT molecular complexity index is 349. The van der Waals surface area contributed by atoms with Crippen LogP contribution in [0.3, 0.4) is 0 Å². The van der Waals surface area contributed by atoms with Gasteiger partial charge in [-0.3, -0.25) is 4.79 Å². The summed E-state index contributed by atoms with van der Waals surface area (Å²) in [7, 11) is 1.69. The van der Waals surface area contributed by atoms with E-state index in [9.17, 15) is 4.79 Å². The average Bonchev–Trinajstić information content (AvgIpc) is 2.39. The Labute approximate surface area is 87.6 Å². The second-order valence-electron chi connectivity index (χ2n) is 3.24. The van der Waals surface area contributed by atoms with Crippen molar-refractivity contribution >= 4 is 17.5 Å². The minimum absolute atomic E-state index is 0.114. The molecule has 74 valence electrons. The molecule has 1 heterocycles. The SMILES string of the molecule is COC1CCC(=O)c2ccccc2S1. The van der Waals surface area contributed by atoms with Gasteiger partial charge in [0.2, 0.25) is 0 Å². The van der Waals surface area contributed by atoms with E-state index in [1.807, 2.05) is 24.3 Å². The molecule has 0 fully saturated rings. The molecule has 0 saturated heterocycles. The molecule has 1 aliphatic heterocycles. The Morgan fingerprint density at radius 2 is 2.21 bits per heavy atom. The molecule has 0 spiro atoms. The number of hydrogen-bond donors (Lipinski definition) is 0. The minimum Gasteiger partial charge on any atom is -0.370 e. The molecule has 1 aromatic rings. The van der Waals surface area contributed by atoms with Crippen LogP contribution in [-0.2, 0) is 4.74 Å². The van der Waals surface area contributed by atoms with Gasteiger partial charge in [-0.15, -0.1) is 0 Å². The van der Waals surface area contributed by atoms with Crippen molar-refractivity contribution in [3.05, 3.63) is 29.8 Å². The summed E-state index contributed by atoms with van der Waals surface area (Å²) in [6.07, 6.45) is 1.39. The van der Waals surface area contributed by atoms with Gasteiger partial charge in [-0.05, 0) is 12.5 Å². The van der Waals surface area contributed by atoms with E-state index >= 15 is 0 Å². The predicted molar refractivity (Wildman–Crippen MR) is 56.7 cm³/mol. The summed E-state index contributed by atoms with van der Waals surface area (Å²) in [5.41, 5.74) is 0.958. The Balaban J connectivity index is 2.36. The first-order valence-corrected chi connectivity index (χ1v) is 5.51. The van der Waals surface area contributed by atoms with Gasteiger partial charge in [0.05, 0.1) is 0 Å². The van der Waals surface area contributed by atoms with E-state index in [1.54, 1.807) is 18.9 Å². The lowest BCUT2D eigenvalue weighted by molar-refractivity contribution is 0.0955. The molecule has 1 atom stereocenters. The normalized spacial score (nSPS) is 21.5. The molecule has 1 aromatic carbocycles. The number of hydrogen-bond acceptors (Lipinski definition) is 3. The fraction of sp³-hybridized carbons (Fsp3) is 0.364. The lowest BCUT2D eigenvalue weighted by atomic mass is 10.1. The Morgan fingerprint density at radius 3 is 3.00 bits per heavy atom. The van der Waals surface area contributed by atoms with Crippen molar-refractivity contribution in [1.82, 2.24) is 0 Å². The van der Waals surface area contributed by atoms with Gasteiger partial charge >= 0.3 is 0 Å². The van der Waals surface area contributed by atoms with Crippen LogP contribution in [0.5, 0.6) is 0 Å². The summed E-state index contributed by atoms with van der Waals surface area (Å²) >= 11 is 1.64. The zero-order valence-corrected chi connectivity index (χ0v) is 8.84. The molecule has 0 bridgehead atoms. The molecular weight excluding hydrogens is 196 g/mol. The van der Waals surface area contributed by atoms with Crippen LogP contribution in [0.4, 0.5) is 0 Å². The molecule has 0 aliphatic carbocycles. The van der Waals surface area contributed by atoms with Gasteiger partial charge in [0.1, 0.15) is 5.44 Å². The van der Waals surface area contributed by atoms with Crippen molar-refractivity contribution in [3.8, 4) is 0 Å². The molecule has 0 saturated carbocycles. The number of methoxy groups -OCH3 is 1. The zero-order valence-electron chi connectivity index (χ0n) is 8.03. The highest BCUT2D eigenvalue weighted by Gasteiger charge is 2.21. The second kappa shape index (κ2) is 4.15. The van der Waals surface area contributed by atoms with Crippen molar-refractivity contribution in [2.75, 3.05) is 7.11 Å². The summed E-state index contributed by atoms with van der Waals surface area (Å²) in [6.45, 7) is 0. The van der Waals surface area contributed by atoms with Gasteiger partial charge in [0.15, 0.2) is 5.78 Å². The maximum Gasteiger partial charge on any atom is 0.164 e. The maximum absolute atomic E-state index is 11.7. The zero-order chi connectivity index (χ0) is 9.97. The van der Waals surface area contributed by atoms with Crippen LogP contribution in [-0.4, -0.2) is 18.3 Å². The first-order valence-electron chi connectivity index (χ1n) is 4.63. The van der Waals surface area contributed by atoms with Crippen LogP contribution in [0.25, 0.3) is 0 Å². The van der Waals surface area contributed by atoms with Gasteiger partial charge in [0, 0.05) is 24.0 Å². The molecule has 3 heteroatoms. The number of ketones is 1. The van der Waals surface area contributed by atoms with Crippen LogP contribution in [0, 0.1) is 0 Å². The standard InChI is InChI=1S/C11H12O2S/c1-13-11-7-6-9(12)8-4-2-3-5-10(8)14-11/h2-5,11H,6-7H2,1H3. The van der Waals surface area contributed by atoms with Gasteiger partial charge in [-0.1, -0.05) is 30.0 Å². The number of rotatable bonds is 1. The summed E-state index contributed by atoms with van der Waals surface area (Å²) in [5, 5.41) is 0. The van der Waals surface area contributed by atoms with Gasteiger partial charge in [0.25, 0.3) is 0 Å². The highest BCUT2D eigenvalue weighted by molar-refractivity contribution is 7.99. The topological polar surface area (TPSA) is 26.3 Å². The molecule has 0 N–H and O–H groups in total. The summed E-state index contributed by atoms with van der Waals surface area (Å²) in [4.78, 5) is 12.7. The molecule has 0 amide bonds. The van der Waals surface area contributed by atoms with Crippen molar-refractivity contribution in [3.63, 3.8) is 0 Å². The van der Waals surface area contributed by atoms with E-state index in [0.29, 0.717) is 6.42 Å². The molecule has 14 heavy (non-hydrogen) atoms. The van der Waals surface area contributed by atoms with Crippen LogP contribution >= 0.6 is 11.8 Å². The Hall–Kier alpha value is -0.800. The van der Waals surface area contributed by atoms with E-state index in [2.05, 4.69) is 0 Å². The van der Waals surface area contributed by atoms with E-state index in [0.717, 1.165) is 16.9 Å². The largest absolute Gasteiger partial charge is 0.370 e. The predicted octanol–water partition coefficient (Wildman–Crippen LogP) is 2.73. The fourth-order valence-electron chi connectivity index (χ4n) is 1.55. The quantitative estimate of drug-likeness (QED) is 0.709. The molecule has 2 nitrogen and oxygen atoms in total. The summed E-state index contributed by atoms with van der Waals surface area (Å²) < 4.78 is 5.29. The average molecular weight is 208 g/mol. The number of ether oxygens (including phenoxy) is 1. The van der Waals surface area contributed by atoms with E-state index in [1.165, 1.54) is 0 Å². The van der Waals surface area contributed by atoms with Crippen molar-refractivity contribution in [2.24, 2.45) is 0 Å². The van der Waals surface area contributed by atoms with Crippen molar-refractivity contribution in [2.45, 2.75) is 23.2 Å². The molecule has 1 unspecified atom stereocenters. The number of thioether (sulfide) groups is 1. The number of Topliss-reactive ketones (excluding diaryl/α,β-unsaturated/α-hetero) is 1. The number of fused-ring (bicyclic) bond motifs is 1. The monoisotopic (exact) mass is 208 g/mol. The highest BCUT2D eigenvalue weighted by Crippen LogP contribution is 2.33. The van der Waals surface area contributed by atoms with Gasteiger partial charge < -0.3 is 4.74 Å². The number of carbonyl (C=O) groups is 1. The lowest BCUT2D eigenvalue weighted by Gasteiger charge is -2.10. The molecule has 1 aliphatic rings. The lowest BCUT2D eigenvalue weighted by Crippen LogP contribution is -2.04. The van der Waals surface area contributed by atoms with Crippen LogP contribution in [0.15, 0.2) is 29.2 Å². The third kappa shape index (κ3) is 1.83. The highest BCUT2D eigenvalue weighted by atomic mass is 32.2. The molecule has 0 radical (unpaired) electrons. The van der Waals surface area contributed by atoms with E-state index < -0.39 is 0 Å². The number of carbonyl (C=O) groups excluding carboxylic acids is 1. The Kier molecular flexibility index (Phi) is 2.89. The first-order chi connectivity index (χ1) is 6.81. The van der Waals surface area contributed by atoms with Crippen LogP contribution in [0.2, 0.25) is 0 Å². The van der Waals surface area contributed by atoms with Crippen LogP contribution in [0.1, 0.15) is 23.2 Å². The minimum atomic E-state index is 0.114.